The Hall–Kier alpha value is -3.68. The van der Waals surface area contributed by atoms with Crippen molar-refractivity contribution < 1.29 is 41.7 Å². The molecule has 2 amide bonds. The Morgan fingerprint density at radius 1 is 1.12 bits per heavy atom. The lowest BCUT2D eigenvalue weighted by Gasteiger charge is -2.40. The van der Waals surface area contributed by atoms with Gasteiger partial charge in [-0.2, -0.15) is 18.2 Å². The van der Waals surface area contributed by atoms with Gasteiger partial charge in [0.2, 0.25) is 17.7 Å². The Morgan fingerprint density at radius 3 is 2.40 bits per heavy atom. The topological polar surface area (TPSA) is 117 Å². The zero-order valence-corrected chi connectivity index (χ0v) is 22.3. The molecule has 2 aromatic rings. The van der Waals surface area contributed by atoms with Gasteiger partial charge in [-0.25, -0.2) is 14.2 Å². The van der Waals surface area contributed by atoms with Crippen LogP contribution in [0.15, 0.2) is 30.3 Å². The van der Waals surface area contributed by atoms with Crippen molar-refractivity contribution in [3.63, 3.8) is 0 Å². The van der Waals surface area contributed by atoms with Crippen molar-refractivity contribution in [2.24, 2.45) is 5.92 Å². The summed E-state index contributed by atoms with van der Waals surface area (Å²) in [4.78, 5) is 35.2. The molecule has 0 bridgehead atoms. The van der Waals surface area contributed by atoms with Crippen LogP contribution in [-0.2, 0) is 15.7 Å². The van der Waals surface area contributed by atoms with Crippen LogP contribution in [0.1, 0.15) is 39.3 Å². The zero-order chi connectivity index (χ0) is 29.3. The molecule has 2 fully saturated rings. The van der Waals surface area contributed by atoms with Crippen molar-refractivity contribution in [2.45, 2.75) is 51.0 Å². The summed E-state index contributed by atoms with van der Waals surface area (Å²) in [5.74, 6) is -2.03. The number of hydrogen-bond donors (Lipinski definition) is 2. The normalized spacial score (nSPS) is 17.7. The SMILES string of the molecule is CC(C)(C)OC(=O)N1CC(C(=O)NCC2(O)CCN(c3nc(Oc4cccc(F)c4)cc(C(F)(F)F)n3)CC2)C1. The second kappa shape index (κ2) is 11.1. The van der Waals surface area contributed by atoms with Crippen LogP contribution in [-0.4, -0.2) is 75.9 Å². The summed E-state index contributed by atoms with van der Waals surface area (Å²) in [6, 6.07) is 5.55. The van der Waals surface area contributed by atoms with E-state index in [1.165, 1.54) is 28.0 Å². The fraction of sp³-hybridized carbons (Fsp3) is 0.538. The van der Waals surface area contributed by atoms with Gasteiger partial charge >= 0.3 is 12.3 Å². The molecule has 0 spiro atoms. The molecule has 14 heteroatoms. The van der Waals surface area contributed by atoms with Crippen LogP contribution in [0.3, 0.4) is 0 Å². The number of nitrogens with zero attached hydrogens (tertiary/aromatic N) is 4. The molecule has 2 N–H and O–H groups in total. The first-order chi connectivity index (χ1) is 18.6. The number of alkyl halides is 3. The summed E-state index contributed by atoms with van der Waals surface area (Å²) >= 11 is 0. The molecule has 10 nitrogen and oxygen atoms in total. The standard InChI is InChI=1S/C26H31F4N5O5/c1-24(2,3)40-23(37)35-13-16(14-35)21(36)31-15-25(38)7-9-34(10-8-25)22-32-19(26(28,29)30)12-20(33-22)39-18-6-4-5-17(27)11-18/h4-6,11-12,16,38H,7-10,13-15H2,1-3H3,(H,31,36). The number of amides is 2. The molecule has 4 rings (SSSR count). The minimum absolute atomic E-state index is 0.0257. The zero-order valence-electron chi connectivity index (χ0n) is 22.3. The van der Waals surface area contributed by atoms with Gasteiger partial charge in [-0.1, -0.05) is 6.07 Å². The highest BCUT2D eigenvalue weighted by Crippen LogP contribution is 2.34. The van der Waals surface area contributed by atoms with Crippen LogP contribution in [0.2, 0.25) is 0 Å². The van der Waals surface area contributed by atoms with Crippen molar-refractivity contribution in [2.75, 3.05) is 37.6 Å². The molecule has 1 aromatic carbocycles. The highest BCUT2D eigenvalue weighted by atomic mass is 19.4. The number of carbonyl (C=O) groups excluding carboxylic acids is 2. The van der Waals surface area contributed by atoms with Crippen molar-refractivity contribution in [1.82, 2.24) is 20.2 Å². The second-order valence-electron chi connectivity index (χ2n) is 11.0. The van der Waals surface area contributed by atoms with E-state index in [1.54, 1.807) is 20.8 Å². The third kappa shape index (κ3) is 7.49. The van der Waals surface area contributed by atoms with Crippen molar-refractivity contribution in [1.29, 1.82) is 0 Å². The van der Waals surface area contributed by atoms with E-state index >= 15 is 0 Å². The van der Waals surface area contributed by atoms with E-state index in [0.29, 0.717) is 6.07 Å². The summed E-state index contributed by atoms with van der Waals surface area (Å²) in [5, 5.41) is 13.7. The molecule has 2 aliphatic heterocycles. The molecule has 0 aliphatic carbocycles. The molecule has 0 saturated carbocycles. The average Bonchev–Trinajstić information content (AvgIpc) is 2.80. The van der Waals surface area contributed by atoms with Gasteiger partial charge in [0.05, 0.1) is 11.5 Å². The first-order valence-electron chi connectivity index (χ1n) is 12.7. The van der Waals surface area contributed by atoms with E-state index in [4.69, 9.17) is 9.47 Å². The Balaban J connectivity index is 1.33. The van der Waals surface area contributed by atoms with Gasteiger partial charge < -0.3 is 29.7 Å². The van der Waals surface area contributed by atoms with Gasteiger partial charge in [-0.3, -0.25) is 4.79 Å². The van der Waals surface area contributed by atoms with Crippen LogP contribution >= 0.6 is 0 Å². The van der Waals surface area contributed by atoms with Gasteiger partial charge in [0, 0.05) is 44.9 Å². The number of hydrogen-bond acceptors (Lipinski definition) is 8. The highest BCUT2D eigenvalue weighted by molar-refractivity contribution is 5.82. The van der Waals surface area contributed by atoms with Crippen LogP contribution in [0.5, 0.6) is 11.6 Å². The molecule has 0 atom stereocenters. The number of ether oxygens (including phenoxy) is 2. The van der Waals surface area contributed by atoms with Crippen LogP contribution < -0.4 is 15.0 Å². The maximum atomic E-state index is 13.5. The number of aromatic nitrogens is 2. The van der Waals surface area contributed by atoms with Gasteiger partial charge in [0.1, 0.15) is 17.2 Å². The first-order valence-corrected chi connectivity index (χ1v) is 12.7. The Morgan fingerprint density at radius 2 is 1.80 bits per heavy atom. The van der Waals surface area contributed by atoms with Crippen LogP contribution in [0.25, 0.3) is 0 Å². The predicted molar refractivity (Wildman–Crippen MR) is 134 cm³/mol. The average molecular weight is 570 g/mol. The van der Waals surface area contributed by atoms with E-state index in [9.17, 15) is 32.3 Å². The van der Waals surface area contributed by atoms with Crippen molar-refractivity contribution in [3.05, 3.63) is 41.8 Å². The molecule has 0 unspecified atom stereocenters. The first kappa shape index (κ1) is 29.3. The van der Waals surface area contributed by atoms with Crippen LogP contribution in [0, 0.1) is 11.7 Å². The molecular weight excluding hydrogens is 538 g/mol. The van der Waals surface area contributed by atoms with Crippen molar-refractivity contribution >= 4 is 17.9 Å². The van der Waals surface area contributed by atoms with Gasteiger partial charge in [-0.05, 0) is 45.7 Å². The highest BCUT2D eigenvalue weighted by Gasteiger charge is 2.40. The van der Waals surface area contributed by atoms with E-state index in [-0.39, 0.29) is 63.2 Å². The molecule has 3 heterocycles. The van der Waals surface area contributed by atoms with Crippen molar-refractivity contribution in [3.8, 4) is 11.6 Å². The number of anilines is 1. The van der Waals surface area contributed by atoms with E-state index in [2.05, 4.69) is 15.3 Å². The quantitative estimate of drug-likeness (QED) is 0.506. The summed E-state index contributed by atoms with van der Waals surface area (Å²) in [6.45, 7) is 5.84. The Labute approximate surface area is 228 Å². The Kier molecular flexibility index (Phi) is 8.11. The summed E-state index contributed by atoms with van der Waals surface area (Å²) in [7, 11) is 0. The van der Waals surface area contributed by atoms with Crippen LogP contribution in [0.4, 0.5) is 28.3 Å². The molecule has 40 heavy (non-hydrogen) atoms. The number of likely N-dealkylation sites (tertiary alicyclic amines) is 1. The lowest BCUT2D eigenvalue weighted by molar-refractivity contribution is -0.141. The molecule has 218 valence electrons. The third-order valence-corrected chi connectivity index (χ3v) is 6.47. The number of carbonyl (C=O) groups is 2. The van der Waals surface area contributed by atoms with Gasteiger partial charge in [-0.15, -0.1) is 0 Å². The minimum Gasteiger partial charge on any atom is -0.444 e. The molecular formula is C26H31F4N5O5. The molecule has 0 radical (unpaired) electrons. The number of benzene rings is 1. The number of rotatable bonds is 6. The van der Waals surface area contributed by atoms with Gasteiger partial charge in [0.15, 0.2) is 5.69 Å². The maximum absolute atomic E-state index is 13.5. The maximum Gasteiger partial charge on any atom is 0.433 e. The number of halogens is 4. The smallest absolute Gasteiger partial charge is 0.433 e. The fourth-order valence-corrected chi connectivity index (χ4v) is 4.22. The summed E-state index contributed by atoms with van der Waals surface area (Å²) in [6.07, 6.45) is -5.02. The third-order valence-electron chi connectivity index (χ3n) is 6.47. The van der Waals surface area contributed by atoms with E-state index < -0.39 is 46.8 Å². The molecule has 2 saturated heterocycles. The Bertz CT molecular complexity index is 1240. The lowest BCUT2D eigenvalue weighted by Crippen LogP contribution is -2.58. The summed E-state index contributed by atoms with van der Waals surface area (Å²) in [5.41, 5.74) is -3.15. The fourth-order valence-electron chi connectivity index (χ4n) is 4.22. The summed E-state index contributed by atoms with van der Waals surface area (Å²) < 4.78 is 64.7. The minimum atomic E-state index is -4.78. The second-order valence-corrected chi connectivity index (χ2v) is 11.0. The molecule has 1 aromatic heterocycles. The van der Waals surface area contributed by atoms with E-state index in [0.717, 1.165) is 6.07 Å². The van der Waals surface area contributed by atoms with E-state index in [1.807, 2.05) is 0 Å². The largest absolute Gasteiger partial charge is 0.444 e. The number of piperidine rings is 1. The number of aliphatic hydroxyl groups is 1. The molecule has 2 aliphatic rings. The number of nitrogens with one attached hydrogen (secondary N) is 1. The van der Waals surface area contributed by atoms with Gasteiger partial charge in [0.25, 0.3) is 0 Å². The predicted octanol–water partition coefficient (Wildman–Crippen LogP) is 3.74. The lowest BCUT2D eigenvalue weighted by atomic mass is 9.91. The monoisotopic (exact) mass is 569 g/mol.